The average Bonchev–Trinajstić information content (AvgIpc) is 2.97. The molecule has 2 saturated carbocycles. The second-order valence-corrected chi connectivity index (χ2v) is 6.32. The summed E-state index contributed by atoms with van der Waals surface area (Å²) in [5.74, 6) is 0.492. The summed E-state index contributed by atoms with van der Waals surface area (Å²) >= 11 is 6.01. The van der Waals surface area contributed by atoms with E-state index in [-0.39, 0.29) is 16.2 Å². The molecule has 2 aliphatic rings. The van der Waals surface area contributed by atoms with Gasteiger partial charge >= 0.3 is 6.09 Å². The summed E-state index contributed by atoms with van der Waals surface area (Å²) in [5.41, 5.74) is -0.171. The molecule has 1 heterocycles. The van der Waals surface area contributed by atoms with E-state index in [4.69, 9.17) is 21.9 Å². The van der Waals surface area contributed by atoms with Crippen LogP contribution < -0.4 is 10.6 Å². The predicted octanol–water partition coefficient (Wildman–Crippen LogP) is 2.07. The van der Waals surface area contributed by atoms with Gasteiger partial charge in [-0.05, 0) is 32.1 Å². The Hall–Kier alpha value is -2.09. The Bertz CT molecular complexity index is 628. The minimum atomic E-state index is -0.990. The Morgan fingerprint density at radius 1 is 1.32 bits per heavy atom. The van der Waals surface area contributed by atoms with Gasteiger partial charge in [0.05, 0.1) is 11.8 Å². The number of anilines is 1. The van der Waals surface area contributed by atoms with E-state index in [1.165, 1.54) is 12.5 Å². The minimum Gasteiger partial charge on any atom is -0.465 e. The van der Waals surface area contributed by atoms with E-state index in [0.717, 1.165) is 25.7 Å². The van der Waals surface area contributed by atoms with Crippen LogP contribution in [-0.2, 0) is 0 Å². The monoisotopic (exact) mass is 325 g/mol. The number of carboxylic acid groups (broad SMARTS) is 1. The maximum atomic E-state index is 11.0. The number of oxime groups is 1. The van der Waals surface area contributed by atoms with E-state index in [2.05, 4.69) is 25.8 Å². The Labute approximate surface area is 131 Å². The lowest BCUT2D eigenvalue weighted by atomic mass is 9.91. The van der Waals surface area contributed by atoms with Gasteiger partial charge in [-0.2, -0.15) is 0 Å². The third-order valence-electron chi connectivity index (χ3n) is 4.62. The molecule has 8 nitrogen and oxygen atoms in total. The smallest absolute Gasteiger partial charge is 0.405 e. The lowest BCUT2D eigenvalue weighted by Crippen LogP contribution is -2.44. The van der Waals surface area contributed by atoms with Crippen LogP contribution in [-0.4, -0.2) is 43.7 Å². The molecule has 0 spiro atoms. The lowest BCUT2D eigenvalue weighted by Gasteiger charge is -2.29. The van der Waals surface area contributed by atoms with E-state index in [9.17, 15) is 4.79 Å². The molecule has 0 saturated heterocycles. The van der Waals surface area contributed by atoms with Crippen LogP contribution in [0.4, 0.5) is 10.6 Å². The molecular formula is C13H16ClN5O3. The average molecular weight is 326 g/mol. The van der Waals surface area contributed by atoms with E-state index < -0.39 is 6.09 Å². The zero-order valence-corrected chi connectivity index (χ0v) is 12.5. The molecule has 0 aromatic carbocycles. The Morgan fingerprint density at radius 2 is 2.00 bits per heavy atom. The highest BCUT2D eigenvalue weighted by Crippen LogP contribution is 2.52. The second kappa shape index (κ2) is 5.28. The van der Waals surface area contributed by atoms with Crippen molar-refractivity contribution < 1.29 is 15.1 Å². The minimum absolute atomic E-state index is 0.192. The fraction of sp³-hybridized carbons (Fsp3) is 0.538. The fourth-order valence-corrected chi connectivity index (χ4v) is 3.85. The van der Waals surface area contributed by atoms with Crippen LogP contribution in [0.1, 0.15) is 37.7 Å². The van der Waals surface area contributed by atoms with Gasteiger partial charge in [-0.1, -0.05) is 16.8 Å². The summed E-state index contributed by atoms with van der Waals surface area (Å²) in [5, 5.41) is 27.0. The number of nitrogens with one attached hydrogen (secondary N) is 2. The highest BCUT2D eigenvalue weighted by molar-refractivity contribution is 6.32. The summed E-state index contributed by atoms with van der Waals surface area (Å²) in [6.45, 7) is 0. The molecule has 3 rings (SSSR count). The maximum absolute atomic E-state index is 11.0. The molecule has 0 atom stereocenters. The Morgan fingerprint density at radius 3 is 2.64 bits per heavy atom. The molecule has 22 heavy (non-hydrogen) atoms. The summed E-state index contributed by atoms with van der Waals surface area (Å²) in [7, 11) is 0. The lowest BCUT2D eigenvalue weighted by molar-refractivity contribution is 0.177. The highest BCUT2D eigenvalue weighted by Gasteiger charge is 2.55. The topological polar surface area (TPSA) is 120 Å². The molecule has 1 amide bonds. The molecule has 0 unspecified atom stereocenters. The van der Waals surface area contributed by atoms with E-state index >= 15 is 0 Å². The van der Waals surface area contributed by atoms with Crippen molar-refractivity contribution in [2.45, 2.75) is 43.2 Å². The SMILES string of the molecule is O=C(O)NC12CCC(Nc3ncnc(Cl)c3C=NO)(CC1)C2. The fourth-order valence-electron chi connectivity index (χ4n) is 3.67. The molecule has 0 radical (unpaired) electrons. The predicted molar refractivity (Wildman–Crippen MR) is 79.8 cm³/mol. The Balaban J connectivity index is 1.84. The van der Waals surface area contributed by atoms with Crippen molar-refractivity contribution in [1.29, 1.82) is 0 Å². The maximum Gasteiger partial charge on any atom is 0.405 e. The number of halogens is 1. The molecule has 1 aromatic rings. The van der Waals surface area contributed by atoms with Gasteiger partial charge < -0.3 is 20.9 Å². The molecule has 9 heteroatoms. The van der Waals surface area contributed by atoms with Gasteiger partial charge in [0.15, 0.2) is 0 Å². The van der Waals surface area contributed by atoms with Crippen LogP contribution in [0.5, 0.6) is 0 Å². The number of carbonyl (C=O) groups is 1. The molecular weight excluding hydrogens is 310 g/mol. The first-order chi connectivity index (χ1) is 10.5. The number of hydrogen-bond donors (Lipinski definition) is 4. The van der Waals surface area contributed by atoms with Gasteiger partial charge in [0.2, 0.25) is 0 Å². The number of nitrogens with zero attached hydrogens (tertiary/aromatic N) is 3. The van der Waals surface area contributed by atoms with Crippen LogP contribution in [0.25, 0.3) is 0 Å². The molecule has 1 aromatic heterocycles. The third-order valence-corrected chi connectivity index (χ3v) is 4.92. The summed E-state index contributed by atoms with van der Waals surface area (Å²) in [6.07, 6.45) is 5.48. The molecule has 118 valence electrons. The van der Waals surface area contributed by atoms with Crippen LogP contribution in [0.2, 0.25) is 5.15 Å². The standard InChI is InChI=1S/C13H16ClN5O3/c14-9-8(5-17-22)10(16-7-15-9)18-12-1-3-13(6-12,4-2-12)19-11(20)21/h5,7,19,22H,1-4,6H2,(H,20,21)(H,15,16,18). The van der Waals surface area contributed by atoms with Gasteiger partial charge in [0.25, 0.3) is 0 Å². The van der Waals surface area contributed by atoms with Gasteiger partial charge in [0.1, 0.15) is 17.3 Å². The van der Waals surface area contributed by atoms with E-state index in [1.54, 1.807) is 0 Å². The third kappa shape index (κ3) is 2.54. The van der Waals surface area contributed by atoms with Gasteiger partial charge in [-0.25, -0.2) is 14.8 Å². The summed E-state index contributed by atoms with van der Waals surface area (Å²) in [4.78, 5) is 19.0. The number of fused-ring (bicyclic) bond motifs is 2. The summed E-state index contributed by atoms with van der Waals surface area (Å²) < 4.78 is 0. The largest absolute Gasteiger partial charge is 0.465 e. The number of hydrogen-bond acceptors (Lipinski definition) is 6. The molecule has 2 aliphatic carbocycles. The van der Waals surface area contributed by atoms with Crippen molar-refractivity contribution >= 4 is 29.7 Å². The number of rotatable bonds is 4. The van der Waals surface area contributed by atoms with Crippen molar-refractivity contribution in [3.05, 3.63) is 17.0 Å². The molecule has 2 bridgehead atoms. The first-order valence-corrected chi connectivity index (χ1v) is 7.33. The van der Waals surface area contributed by atoms with Crippen molar-refractivity contribution in [3.63, 3.8) is 0 Å². The first-order valence-electron chi connectivity index (χ1n) is 6.95. The van der Waals surface area contributed by atoms with Crippen LogP contribution >= 0.6 is 11.6 Å². The van der Waals surface area contributed by atoms with E-state index in [0.29, 0.717) is 17.8 Å². The normalized spacial score (nSPS) is 29.9. The van der Waals surface area contributed by atoms with Gasteiger partial charge in [-0.15, -0.1) is 0 Å². The zero-order valence-electron chi connectivity index (χ0n) is 11.7. The number of amides is 1. The van der Waals surface area contributed by atoms with Crippen LogP contribution in [0.15, 0.2) is 11.5 Å². The van der Waals surface area contributed by atoms with E-state index in [1.807, 2.05) is 0 Å². The molecule has 4 N–H and O–H groups in total. The highest BCUT2D eigenvalue weighted by atomic mass is 35.5. The Kier molecular flexibility index (Phi) is 3.56. The first kappa shape index (κ1) is 14.8. The van der Waals surface area contributed by atoms with Crippen molar-refractivity contribution in [2.24, 2.45) is 5.16 Å². The van der Waals surface area contributed by atoms with Crippen molar-refractivity contribution in [1.82, 2.24) is 15.3 Å². The van der Waals surface area contributed by atoms with Crippen LogP contribution in [0.3, 0.4) is 0 Å². The number of aromatic nitrogens is 2. The quantitative estimate of drug-likeness (QED) is 0.291. The molecule has 0 aliphatic heterocycles. The van der Waals surface area contributed by atoms with Gasteiger partial charge in [0, 0.05) is 11.1 Å². The van der Waals surface area contributed by atoms with Crippen LogP contribution in [0, 0.1) is 0 Å². The van der Waals surface area contributed by atoms with Gasteiger partial charge in [-0.3, -0.25) is 0 Å². The zero-order chi connectivity index (χ0) is 15.8. The summed E-state index contributed by atoms with van der Waals surface area (Å²) in [6, 6.07) is 0. The molecule has 2 fully saturated rings. The second-order valence-electron chi connectivity index (χ2n) is 5.96. The van der Waals surface area contributed by atoms with Crippen molar-refractivity contribution in [2.75, 3.05) is 5.32 Å². The van der Waals surface area contributed by atoms with Crippen molar-refractivity contribution in [3.8, 4) is 0 Å².